The van der Waals surface area contributed by atoms with E-state index in [2.05, 4.69) is 10.6 Å². The number of hydrogen-bond acceptors (Lipinski definition) is 3. The summed E-state index contributed by atoms with van der Waals surface area (Å²) in [6.07, 6.45) is -0.0554. The van der Waals surface area contributed by atoms with Gasteiger partial charge in [-0.3, -0.25) is 9.59 Å². The molecule has 144 valence electrons. The fourth-order valence-corrected chi connectivity index (χ4v) is 2.35. The molecule has 2 rings (SSSR count). The second-order valence-electron chi connectivity index (χ2n) is 7.02. The van der Waals surface area contributed by atoms with Gasteiger partial charge in [0.15, 0.2) is 0 Å². The second kappa shape index (κ2) is 8.66. The van der Waals surface area contributed by atoms with Crippen LogP contribution < -0.4 is 15.4 Å². The van der Waals surface area contributed by atoms with Crippen LogP contribution in [-0.2, 0) is 16.1 Å². The minimum absolute atomic E-state index is 0.00919. The second-order valence-corrected chi connectivity index (χ2v) is 7.02. The SMILES string of the molecule is CC(C)Oc1ccccc1NC(=O)C(C)(C)C(=O)NCc1ccccc1F. The Morgan fingerprint density at radius 2 is 1.67 bits per heavy atom. The number of rotatable bonds is 7. The summed E-state index contributed by atoms with van der Waals surface area (Å²) in [5.41, 5.74) is -0.500. The Morgan fingerprint density at radius 1 is 1.04 bits per heavy atom. The molecule has 2 amide bonds. The highest BCUT2D eigenvalue weighted by Gasteiger charge is 2.36. The lowest BCUT2D eigenvalue weighted by Gasteiger charge is -2.24. The summed E-state index contributed by atoms with van der Waals surface area (Å²) in [6.45, 7) is 6.82. The van der Waals surface area contributed by atoms with Gasteiger partial charge in [0.1, 0.15) is 17.0 Å². The van der Waals surface area contributed by atoms with Crippen molar-refractivity contribution in [2.45, 2.75) is 40.3 Å². The number of carbonyl (C=O) groups excluding carboxylic acids is 2. The van der Waals surface area contributed by atoms with E-state index in [0.717, 1.165) is 0 Å². The Balaban J connectivity index is 2.06. The Kier molecular flexibility index (Phi) is 6.55. The van der Waals surface area contributed by atoms with Crippen LogP contribution in [0.4, 0.5) is 10.1 Å². The van der Waals surface area contributed by atoms with Gasteiger partial charge in [0, 0.05) is 12.1 Å². The monoisotopic (exact) mass is 372 g/mol. The van der Waals surface area contributed by atoms with Crippen LogP contribution in [0.1, 0.15) is 33.3 Å². The van der Waals surface area contributed by atoms with Crippen LogP contribution in [0.25, 0.3) is 0 Å². The van der Waals surface area contributed by atoms with Gasteiger partial charge in [-0.15, -0.1) is 0 Å². The lowest BCUT2D eigenvalue weighted by Crippen LogP contribution is -2.45. The molecule has 0 atom stereocenters. The van der Waals surface area contributed by atoms with E-state index in [9.17, 15) is 14.0 Å². The van der Waals surface area contributed by atoms with Gasteiger partial charge in [0.05, 0.1) is 11.8 Å². The molecule has 0 aliphatic rings. The van der Waals surface area contributed by atoms with Gasteiger partial charge >= 0.3 is 0 Å². The van der Waals surface area contributed by atoms with E-state index in [1.807, 2.05) is 13.8 Å². The van der Waals surface area contributed by atoms with E-state index in [1.165, 1.54) is 19.9 Å². The third-order valence-electron chi connectivity index (χ3n) is 4.03. The van der Waals surface area contributed by atoms with Crippen molar-refractivity contribution in [2.75, 3.05) is 5.32 Å². The van der Waals surface area contributed by atoms with Gasteiger partial charge in [-0.2, -0.15) is 0 Å². The summed E-state index contributed by atoms with van der Waals surface area (Å²) in [5.74, 6) is -0.845. The summed E-state index contributed by atoms with van der Waals surface area (Å²) in [5, 5.41) is 5.37. The average Bonchev–Trinajstić information content (AvgIpc) is 2.61. The summed E-state index contributed by atoms with van der Waals surface area (Å²) in [6, 6.07) is 13.2. The van der Waals surface area contributed by atoms with Crippen LogP contribution in [0.3, 0.4) is 0 Å². The number of nitrogens with one attached hydrogen (secondary N) is 2. The lowest BCUT2D eigenvalue weighted by molar-refractivity contribution is -0.138. The highest BCUT2D eigenvalue weighted by molar-refractivity contribution is 6.10. The fourth-order valence-electron chi connectivity index (χ4n) is 2.35. The average molecular weight is 372 g/mol. The molecule has 5 nitrogen and oxygen atoms in total. The number of amides is 2. The number of halogens is 1. The number of hydrogen-bond donors (Lipinski definition) is 2. The van der Waals surface area contributed by atoms with Crippen molar-refractivity contribution in [1.29, 1.82) is 0 Å². The molecule has 0 unspecified atom stereocenters. The largest absolute Gasteiger partial charge is 0.489 e. The zero-order chi connectivity index (χ0) is 20.0. The number of anilines is 1. The minimum atomic E-state index is -1.35. The van der Waals surface area contributed by atoms with Gasteiger partial charge in [0.2, 0.25) is 11.8 Å². The molecule has 0 aromatic heterocycles. The van der Waals surface area contributed by atoms with Gasteiger partial charge in [-0.05, 0) is 45.9 Å². The first-order chi connectivity index (χ1) is 12.7. The van der Waals surface area contributed by atoms with Crippen molar-refractivity contribution in [1.82, 2.24) is 5.32 Å². The maximum absolute atomic E-state index is 13.7. The quantitative estimate of drug-likeness (QED) is 0.725. The smallest absolute Gasteiger partial charge is 0.239 e. The Labute approximate surface area is 158 Å². The zero-order valence-electron chi connectivity index (χ0n) is 16.0. The molecular weight excluding hydrogens is 347 g/mol. The molecule has 0 radical (unpaired) electrons. The fraction of sp³-hybridized carbons (Fsp3) is 0.333. The number of ether oxygens (including phenoxy) is 1. The molecule has 0 fully saturated rings. The molecule has 2 aromatic rings. The first-order valence-electron chi connectivity index (χ1n) is 8.80. The molecule has 0 saturated carbocycles. The van der Waals surface area contributed by atoms with E-state index in [4.69, 9.17) is 4.74 Å². The van der Waals surface area contributed by atoms with Gasteiger partial charge in [-0.25, -0.2) is 4.39 Å². The predicted octanol–water partition coefficient (Wildman–Crippen LogP) is 3.89. The first-order valence-corrected chi connectivity index (χ1v) is 8.80. The molecule has 6 heteroatoms. The Hall–Kier alpha value is -2.89. The van der Waals surface area contributed by atoms with E-state index in [-0.39, 0.29) is 12.6 Å². The Bertz CT molecular complexity index is 819. The van der Waals surface area contributed by atoms with Crippen LogP contribution in [0.2, 0.25) is 0 Å². The highest BCUT2D eigenvalue weighted by atomic mass is 19.1. The molecule has 27 heavy (non-hydrogen) atoms. The van der Waals surface area contributed by atoms with Crippen molar-refractivity contribution in [3.8, 4) is 5.75 Å². The summed E-state index contributed by atoms with van der Waals surface area (Å²) in [4.78, 5) is 25.2. The molecule has 0 spiro atoms. The molecule has 0 aliphatic carbocycles. The molecule has 2 N–H and O–H groups in total. The molecular formula is C21H25FN2O3. The van der Waals surface area contributed by atoms with Gasteiger partial charge in [0.25, 0.3) is 0 Å². The van der Waals surface area contributed by atoms with Crippen molar-refractivity contribution in [3.63, 3.8) is 0 Å². The van der Waals surface area contributed by atoms with E-state index in [1.54, 1.807) is 42.5 Å². The predicted molar refractivity (Wildman–Crippen MR) is 103 cm³/mol. The normalized spacial score (nSPS) is 11.2. The highest BCUT2D eigenvalue weighted by Crippen LogP contribution is 2.27. The summed E-state index contributed by atoms with van der Waals surface area (Å²) >= 11 is 0. The maximum atomic E-state index is 13.7. The third-order valence-corrected chi connectivity index (χ3v) is 4.03. The van der Waals surface area contributed by atoms with Crippen LogP contribution in [0.5, 0.6) is 5.75 Å². The van der Waals surface area contributed by atoms with Crippen LogP contribution in [0, 0.1) is 11.2 Å². The third kappa shape index (κ3) is 5.29. The summed E-state index contributed by atoms with van der Waals surface area (Å²) < 4.78 is 19.4. The van der Waals surface area contributed by atoms with Crippen molar-refractivity contribution < 1.29 is 18.7 Å². The van der Waals surface area contributed by atoms with E-state index >= 15 is 0 Å². The topological polar surface area (TPSA) is 67.4 Å². The van der Waals surface area contributed by atoms with Crippen LogP contribution in [0.15, 0.2) is 48.5 Å². The van der Waals surface area contributed by atoms with E-state index < -0.39 is 23.0 Å². The minimum Gasteiger partial charge on any atom is -0.489 e. The van der Waals surface area contributed by atoms with Crippen molar-refractivity contribution in [2.24, 2.45) is 5.41 Å². The van der Waals surface area contributed by atoms with Gasteiger partial charge < -0.3 is 15.4 Å². The molecule has 0 bridgehead atoms. The number of para-hydroxylation sites is 2. The molecule has 2 aromatic carbocycles. The van der Waals surface area contributed by atoms with E-state index in [0.29, 0.717) is 17.0 Å². The zero-order valence-corrected chi connectivity index (χ0v) is 16.0. The van der Waals surface area contributed by atoms with Crippen molar-refractivity contribution in [3.05, 3.63) is 59.9 Å². The number of benzene rings is 2. The van der Waals surface area contributed by atoms with Crippen molar-refractivity contribution >= 4 is 17.5 Å². The van der Waals surface area contributed by atoms with Crippen LogP contribution in [-0.4, -0.2) is 17.9 Å². The number of carbonyl (C=O) groups is 2. The van der Waals surface area contributed by atoms with Crippen LogP contribution >= 0.6 is 0 Å². The molecule has 0 heterocycles. The Morgan fingerprint density at radius 3 is 2.33 bits per heavy atom. The summed E-state index contributed by atoms with van der Waals surface area (Å²) in [7, 11) is 0. The van der Waals surface area contributed by atoms with Gasteiger partial charge in [-0.1, -0.05) is 30.3 Å². The standard InChI is InChI=1S/C21H25FN2O3/c1-14(2)27-18-12-8-7-11-17(18)24-20(26)21(3,4)19(25)23-13-15-9-5-6-10-16(15)22/h5-12,14H,13H2,1-4H3,(H,23,25)(H,24,26). The molecule has 0 aliphatic heterocycles. The first kappa shape index (κ1) is 20.4. The maximum Gasteiger partial charge on any atom is 0.239 e. The molecule has 0 saturated heterocycles. The lowest BCUT2D eigenvalue weighted by atomic mass is 9.90.